The third kappa shape index (κ3) is 51.7. The number of carbonyl (C=O) groups excluding carboxylic acids is 2. The van der Waals surface area contributed by atoms with Gasteiger partial charge in [-0.05, 0) is 96.3 Å². The molecule has 0 aliphatic heterocycles. The van der Waals surface area contributed by atoms with Crippen LogP contribution in [0.15, 0.2) is 85.1 Å². The lowest BCUT2D eigenvalue weighted by Crippen LogP contribution is -2.29. The van der Waals surface area contributed by atoms with Crippen LogP contribution in [0.3, 0.4) is 0 Å². The topological polar surface area (TPSA) is 61.8 Å². The second-order valence-corrected chi connectivity index (χ2v) is 17.8. The lowest BCUT2D eigenvalue weighted by atomic mass is 10.0. The van der Waals surface area contributed by atoms with Crippen molar-refractivity contribution in [3.05, 3.63) is 85.1 Å². The van der Waals surface area contributed by atoms with Gasteiger partial charge in [0.1, 0.15) is 19.3 Å². The highest BCUT2D eigenvalue weighted by Crippen LogP contribution is 2.14. The molecule has 0 fully saturated rings. The smallest absolute Gasteiger partial charge is 0.305 e. The number of allylic oxidation sites excluding steroid dienone is 14. The van der Waals surface area contributed by atoms with E-state index in [0.717, 1.165) is 77.0 Å². The van der Waals surface area contributed by atoms with Crippen molar-refractivity contribution in [1.82, 2.24) is 0 Å². The van der Waals surface area contributed by atoms with E-state index in [1.54, 1.807) is 0 Å². The van der Waals surface area contributed by atoms with Gasteiger partial charge < -0.3 is 14.2 Å². The first kappa shape index (κ1) is 61.1. The van der Waals surface area contributed by atoms with Gasteiger partial charge in [0, 0.05) is 19.4 Å². The highest BCUT2D eigenvalue weighted by Gasteiger charge is 2.16. The minimum atomic E-state index is -0.440. The minimum Gasteiger partial charge on any atom is -0.463 e. The number of carbonyl (C=O) groups is 2. The molecule has 0 aliphatic rings. The van der Waals surface area contributed by atoms with Crippen LogP contribution >= 0.6 is 0 Å². The fourth-order valence-electron chi connectivity index (χ4n) is 7.31. The molecule has 5 heteroatoms. The SMILES string of the molecule is CCCCC/C=C\C/C=C\C/C=C\C/C=C\CCCC(=O)OC[C@H](COC(=O)CCCC/C=C\C/C=C\C/C=C\CCCCC)OCCCCCCCCCCCCCCCCCC. The van der Waals surface area contributed by atoms with Crippen LogP contribution in [0.4, 0.5) is 0 Å². The van der Waals surface area contributed by atoms with Gasteiger partial charge in [0.05, 0.1) is 0 Å². The number of hydrogen-bond acceptors (Lipinski definition) is 5. The molecule has 0 aliphatic carbocycles. The van der Waals surface area contributed by atoms with E-state index in [0.29, 0.717) is 19.4 Å². The molecule has 1 atom stereocenters. The summed E-state index contributed by atoms with van der Waals surface area (Å²) in [5, 5.41) is 0. The normalized spacial score (nSPS) is 12.9. The molecule has 0 aromatic rings. The Hall–Kier alpha value is -2.92. The summed E-state index contributed by atoms with van der Waals surface area (Å²) in [6.45, 7) is 7.58. The van der Waals surface area contributed by atoms with Crippen LogP contribution in [0.5, 0.6) is 0 Å². The third-order valence-corrected chi connectivity index (χ3v) is 11.4. The summed E-state index contributed by atoms with van der Waals surface area (Å²) in [6, 6.07) is 0. The van der Waals surface area contributed by atoms with Crippen LogP contribution in [-0.2, 0) is 23.8 Å². The Labute approximate surface area is 397 Å². The molecule has 64 heavy (non-hydrogen) atoms. The molecular weight excluding hydrogens is 789 g/mol. The molecule has 5 nitrogen and oxygen atoms in total. The van der Waals surface area contributed by atoms with Gasteiger partial charge in [-0.15, -0.1) is 0 Å². The van der Waals surface area contributed by atoms with Crippen molar-refractivity contribution in [3.8, 4) is 0 Å². The molecule has 0 saturated heterocycles. The van der Waals surface area contributed by atoms with Gasteiger partial charge in [-0.3, -0.25) is 9.59 Å². The zero-order chi connectivity index (χ0) is 46.3. The van der Waals surface area contributed by atoms with Crippen LogP contribution in [0.2, 0.25) is 0 Å². The summed E-state index contributed by atoms with van der Waals surface area (Å²) in [7, 11) is 0. The predicted molar refractivity (Wildman–Crippen MR) is 279 cm³/mol. The zero-order valence-corrected chi connectivity index (χ0v) is 42.3. The summed E-state index contributed by atoms with van der Waals surface area (Å²) in [4.78, 5) is 25.2. The number of ether oxygens (including phenoxy) is 3. The first-order chi connectivity index (χ1) is 31.6. The van der Waals surface area contributed by atoms with Crippen LogP contribution in [-0.4, -0.2) is 37.9 Å². The van der Waals surface area contributed by atoms with Crippen molar-refractivity contribution in [3.63, 3.8) is 0 Å². The van der Waals surface area contributed by atoms with E-state index in [1.165, 1.54) is 141 Å². The van der Waals surface area contributed by atoms with Gasteiger partial charge in [-0.1, -0.05) is 228 Å². The average Bonchev–Trinajstić information content (AvgIpc) is 3.30. The lowest BCUT2D eigenvalue weighted by molar-refractivity contribution is -0.155. The zero-order valence-electron chi connectivity index (χ0n) is 42.3. The highest BCUT2D eigenvalue weighted by atomic mass is 16.6. The summed E-state index contributed by atoms with van der Waals surface area (Å²) >= 11 is 0. The van der Waals surface area contributed by atoms with E-state index < -0.39 is 6.10 Å². The summed E-state index contributed by atoms with van der Waals surface area (Å²) < 4.78 is 17.4. The first-order valence-corrected chi connectivity index (χ1v) is 27.1. The van der Waals surface area contributed by atoms with E-state index in [1.807, 2.05) is 0 Å². The average molecular weight is 891 g/mol. The van der Waals surface area contributed by atoms with Crippen molar-refractivity contribution in [2.24, 2.45) is 0 Å². The maximum absolute atomic E-state index is 12.6. The molecule has 0 N–H and O–H groups in total. The molecule has 0 spiro atoms. The number of unbranched alkanes of at least 4 members (excludes halogenated alkanes) is 24. The van der Waals surface area contributed by atoms with Crippen molar-refractivity contribution in [1.29, 1.82) is 0 Å². The maximum atomic E-state index is 12.6. The second kappa shape index (κ2) is 54.4. The monoisotopic (exact) mass is 891 g/mol. The number of hydrogen-bond donors (Lipinski definition) is 0. The molecule has 0 aromatic heterocycles. The Balaban J connectivity index is 4.40. The Morgan fingerprint density at radius 1 is 0.328 bits per heavy atom. The molecule has 0 rings (SSSR count). The molecule has 0 amide bonds. The number of rotatable bonds is 49. The highest BCUT2D eigenvalue weighted by molar-refractivity contribution is 5.69. The van der Waals surface area contributed by atoms with Crippen molar-refractivity contribution in [2.45, 2.75) is 258 Å². The molecule has 0 bridgehead atoms. The van der Waals surface area contributed by atoms with Gasteiger partial charge in [0.15, 0.2) is 0 Å². The Morgan fingerprint density at radius 2 is 0.609 bits per heavy atom. The molecular formula is C59H102O5. The lowest BCUT2D eigenvalue weighted by Gasteiger charge is -2.18. The Morgan fingerprint density at radius 3 is 0.984 bits per heavy atom. The van der Waals surface area contributed by atoms with Gasteiger partial charge in [0.25, 0.3) is 0 Å². The Kier molecular flexibility index (Phi) is 51.9. The molecule has 0 heterocycles. The van der Waals surface area contributed by atoms with Crippen LogP contribution < -0.4 is 0 Å². The molecule has 0 saturated carbocycles. The number of esters is 2. The molecule has 368 valence electrons. The fourth-order valence-corrected chi connectivity index (χ4v) is 7.31. The first-order valence-electron chi connectivity index (χ1n) is 27.1. The summed E-state index contributed by atoms with van der Waals surface area (Å²) in [5.74, 6) is -0.438. The van der Waals surface area contributed by atoms with Crippen molar-refractivity contribution >= 4 is 11.9 Å². The summed E-state index contributed by atoms with van der Waals surface area (Å²) in [5.41, 5.74) is 0. The molecule has 0 aromatic carbocycles. The fraction of sp³-hybridized carbons (Fsp3) is 0.729. The van der Waals surface area contributed by atoms with E-state index in [4.69, 9.17) is 14.2 Å². The molecule has 0 unspecified atom stereocenters. The van der Waals surface area contributed by atoms with Gasteiger partial charge in [0.2, 0.25) is 0 Å². The maximum Gasteiger partial charge on any atom is 0.305 e. The van der Waals surface area contributed by atoms with Gasteiger partial charge >= 0.3 is 11.9 Å². The van der Waals surface area contributed by atoms with Gasteiger partial charge in [-0.25, -0.2) is 0 Å². The quantitative estimate of drug-likeness (QED) is 0.0346. The summed E-state index contributed by atoms with van der Waals surface area (Å²) in [6.07, 6.45) is 71.9. The van der Waals surface area contributed by atoms with E-state index in [-0.39, 0.29) is 25.2 Å². The minimum absolute atomic E-state index is 0.115. The van der Waals surface area contributed by atoms with E-state index in [2.05, 4.69) is 106 Å². The second-order valence-electron chi connectivity index (χ2n) is 17.8. The van der Waals surface area contributed by atoms with Crippen molar-refractivity contribution in [2.75, 3.05) is 19.8 Å². The van der Waals surface area contributed by atoms with Gasteiger partial charge in [-0.2, -0.15) is 0 Å². The van der Waals surface area contributed by atoms with Crippen LogP contribution in [0.25, 0.3) is 0 Å². The Bertz CT molecular complexity index is 1190. The van der Waals surface area contributed by atoms with E-state index in [9.17, 15) is 9.59 Å². The van der Waals surface area contributed by atoms with Crippen LogP contribution in [0, 0.1) is 0 Å². The molecule has 0 radical (unpaired) electrons. The predicted octanol–water partition coefficient (Wildman–Crippen LogP) is 18.5. The third-order valence-electron chi connectivity index (χ3n) is 11.4. The standard InChI is InChI=1S/C59H102O5/c1-4-7-10-13-16-19-22-25-28-30-32-35-38-41-44-47-50-53-59(61)64-56-57(62-54-51-48-45-42-39-36-33-29-26-23-20-17-14-11-8-5-2)55-63-58(60)52-49-46-43-40-37-34-31-27-24-21-18-15-12-9-6-3/h16,18-19,21,25,27-28,31-32,35,37,40-41,44,57H,4-15,17,20,22-24,26,29-30,33-34,36,38-39,42-43,45-56H2,1-3H3/b19-16-,21-18-,28-25-,31-27-,35-32-,40-37-,44-41-/t57-/m0/s1. The van der Waals surface area contributed by atoms with Crippen LogP contribution in [0.1, 0.15) is 252 Å². The van der Waals surface area contributed by atoms with Crippen molar-refractivity contribution < 1.29 is 23.8 Å². The van der Waals surface area contributed by atoms with E-state index >= 15 is 0 Å². The largest absolute Gasteiger partial charge is 0.463 e.